The first kappa shape index (κ1) is 16.8. The molecule has 0 aliphatic rings. The fourth-order valence-electron chi connectivity index (χ4n) is 1.69. The number of nitrogens with zero attached hydrogens (tertiary/aromatic N) is 1. The quantitative estimate of drug-likeness (QED) is 0.507. The average molecular weight is 392 g/mol. The summed E-state index contributed by atoms with van der Waals surface area (Å²) in [7, 11) is 0. The maximum atomic E-state index is 12.7. The minimum atomic E-state index is -4.43. The van der Waals surface area contributed by atoms with E-state index in [1.807, 2.05) is 24.3 Å². The van der Waals surface area contributed by atoms with Gasteiger partial charge in [-0.05, 0) is 42.8 Å². The Morgan fingerprint density at radius 1 is 1.14 bits per heavy atom. The zero-order valence-electron chi connectivity index (χ0n) is 11.4. The van der Waals surface area contributed by atoms with Gasteiger partial charge in [0.05, 0.1) is 22.0 Å². The molecule has 7 heteroatoms. The first-order chi connectivity index (χ1) is 10.3. The Balaban J connectivity index is 2.23. The molecule has 0 heterocycles. The number of alkyl halides is 3. The van der Waals surface area contributed by atoms with E-state index in [-0.39, 0.29) is 10.7 Å². The molecule has 2 nitrogen and oxygen atoms in total. The Kier molecular flexibility index (Phi) is 5.13. The molecule has 0 aliphatic heterocycles. The van der Waals surface area contributed by atoms with Crippen LogP contribution < -0.4 is 5.43 Å². The molecule has 22 heavy (non-hydrogen) atoms. The highest BCUT2D eigenvalue weighted by atomic mass is 79.9. The summed E-state index contributed by atoms with van der Waals surface area (Å²) in [5.74, 6) is 0. The second kappa shape index (κ2) is 6.71. The lowest BCUT2D eigenvalue weighted by Crippen LogP contribution is -2.06. The van der Waals surface area contributed by atoms with E-state index in [4.69, 9.17) is 11.6 Å². The fourth-order valence-corrected chi connectivity index (χ4v) is 2.11. The summed E-state index contributed by atoms with van der Waals surface area (Å²) >= 11 is 9.22. The maximum Gasteiger partial charge on any atom is 0.416 e. The topological polar surface area (TPSA) is 24.4 Å². The second-order valence-corrected chi connectivity index (χ2v) is 5.83. The number of hydrazone groups is 1. The third kappa shape index (κ3) is 4.24. The van der Waals surface area contributed by atoms with E-state index < -0.39 is 11.7 Å². The molecule has 0 saturated heterocycles. The van der Waals surface area contributed by atoms with E-state index in [0.717, 1.165) is 22.2 Å². The van der Waals surface area contributed by atoms with Crippen LogP contribution in [0.4, 0.5) is 18.9 Å². The van der Waals surface area contributed by atoms with Crippen LogP contribution in [-0.4, -0.2) is 5.71 Å². The molecule has 0 saturated carbocycles. The smallest absolute Gasteiger partial charge is 0.277 e. The van der Waals surface area contributed by atoms with Crippen molar-refractivity contribution in [2.45, 2.75) is 13.1 Å². The summed E-state index contributed by atoms with van der Waals surface area (Å²) in [6, 6.07) is 10.4. The molecule has 2 aromatic rings. The Bertz CT molecular complexity index is 697. The van der Waals surface area contributed by atoms with Crippen molar-refractivity contribution in [1.29, 1.82) is 0 Å². The number of hydrogen-bond acceptors (Lipinski definition) is 2. The number of halogens is 5. The number of anilines is 1. The van der Waals surface area contributed by atoms with Gasteiger partial charge >= 0.3 is 6.18 Å². The summed E-state index contributed by atoms with van der Waals surface area (Å²) in [6.07, 6.45) is -4.43. The van der Waals surface area contributed by atoms with Gasteiger partial charge in [-0.1, -0.05) is 39.7 Å². The molecule has 1 N–H and O–H groups in total. The Labute approximate surface area is 139 Å². The molecule has 0 spiro atoms. The van der Waals surface area contributed by atoms with Crippen LogP contribution in [0.1, 0.15) is 18.1 Å². The van der Waals surface area contributed by atoms with Crippen LogP contribution in [0, 0.1) is 0 Å². The molecule has 0 bridgehead atoms. The van der Waals surface area contributed by atoms with Gasteiger partial charge in [0.2, 0.25) is 0 Å². The van der Waals surface area contributed by atoms with E-state index in [0.29, 0.717) is 5.71 Å². The van der Waals surface area contributed by atoms with Crippen LogP contribution in [0.2, 0.25) is 5.02 Å². The fraction of sp³-hybridized carbons (Fsp3) is 0.133. The number of benzene rings is 2. The summed E-state index contributed by atoms with van der Waals surface area (Å²) in [5, 5.41) is 4.24. The predicted octanol–water partition coefficient (Wildman–Crippen LogP) is 5.96. The van der Waals surface area contributed by atoms with Crippen molar-refractivity contribution < 1.29 is 13.2 Å². The van der Waals surface area contributed by atoms with Gasteiger partial charge in [0.15, 0.2) is 0 Å². The second-order valence-electron chi connectivity index (χ2n) is 4.51. The Hall–Kier alpha value is -1.53. The number of rotatable bonds is 3. The first-order valence-corrected chi connectivity index (χ1v) is 7.37. The Morgan fingerprint density at radius 3 is 2.36 bits per heavy atom. The Morgan fingerprint density at radius 2 is 1.77 bits per heavy atom. The van der Waals surface area contributed by atoms with Gasteiger partial charge < -0.3 is 0 Å². The SMILES string of the molecule is CC(=NNc1cc(C(F)(F)F)ccc1Cl)c1ccc(Br)cc1. The van der Waals surface area contributed by atoms with Crippen LogP contribution in [0.3, 0.4) is 0 Å². The lowest BCUT2D eigenvalue weighted by Gasteiger charge is -2.10. The molecule has 2 rings (SSSR count). The van der Waals surface area contributed by atoms with Crippen molar-refractivity contribution in [2.75, 3.05) is 5.43 Å². The highest BCUT2D eigenvalue weighted by molar-refractivity contribution is 9.10. The minimum Gasteiger partial charge on any atom is -0.277 e. The van der Waals surface area contributed by atoms with Gasteiger partial charge in [-0.2, -0.15) is 18.3 Å². The zero-order chi connectivity index (χ0) is 16.3. The van der Waals surface area contributed by atoms with Crippen LogP contribution in [0.25, 0.3) is 0 Å². The number of nitrogens with one attached hydrogen (secondary N) is 1. The van der Waals surface area contributed by atoms with E-state index in [9.17, 15) is 13.2 Å². The van der Waals surface area contributed by atoms with Gasteiger partial charge in [-0.3, -0.25) is 5.43 Å². The highest BCUT2D eigenvalue weighted by Gasteiger charge is 2.30. The van der Waals surface area contributed by atoms with E-state index in [1.54, 1.807) is 6.92 Å². The molecule has 0 amide bonds. The van der Waals surface area contributed by atoms with Gasteiger partial charge in [-0.25, -0.2) is 0 Å². The third-order valence-corrected chi connectivity index (χ3v) is 3.76. The van der Waals surface area contributed by atoms with Gasteiger partial charge in [0.1, 0.15) is 0 Å². The van der Waals surface area contributed by atoms with Gasteiger partial charge in [0, 0.05) is 4.47 Å². The molecular formula is C15H11BrClF3N2. The normalized spacial score (nSPS) is 12.4. The highest BCUT2D eigenvalue weighted by Crippen LogP contribution is 2.33. The molecule has 0 atom stereocenters. The largest absolute Gasteiger partial charge is 0.416 e. The van der Waals surface area contributed by atoms with Crippen molar-refractivity contribution in [2.24, 2.45) is 5.10 Å². The standard InChI is InChI=1S/C15H11BrClF3N2/c1-9(10-2-5-12(16)6-3-10)21-22-14-8-11(15(18,19)20)4-7-13(14)17/h2-8,22H,1H3. The van der Waals surface area contributed by atoms with Crippen molar-refractivity contribution in [3.05, 3.63) is 63.1 Å². The minimum absolute atomic E-state index is 0.105. The molecule has 0 fully saturated rings. The summed E-state index contributed by atoms with van der Waals surface area (Å²) in [6.45, 7) is 1.75. The lowest BCUT2D eigenvalue weighted by atomic mass is 10.1. The summed E-state index contributed by atoms with van der Waals surface area (Å²) < 4.78 is 39.0. The van der Waals surface area contributed by atoms with Crippen molar-refractivity contribution in [3.63, 3.8) is 0 Å². The lowest BCUT2D eigenvalue weighted by molar-refractivity contribution is -0.137. The molecule has 0 aromatic heterocycles. The predicted molar refractivity (Wildman–Crippen MR) is 86.4 cm³/mol. The average Bonchev–Trinajstić information content (AvgIpc) is 2.45. The monoisotopic (exact) mass is 390 g/mol. The van der Waals surface area contributed by atoms with Crippen molar-refractivity contribution >= 4 is 38.9 Å². The van der Waals surface area contributed by atoms with Gasteiger partial charge in [0.25, 0.3) is 0 Å². The van der Waals surface area contributed by atoms with E-state index >= 15 is 0 Å². The van der Waals surface area contributed by atoms with Crippen LogP contribution in [0.15, 0.2) is 52.0 Å². The van der Waals surface area contributed by atoms with Crippen LogP contribution in [0.5, 0.6) is 0 Å². The van der Waals surface area contributed by atoms with E-state index in [1.165, 1.54) is 6.07 Å². The molecule has 0 radical (unpaired) electrons. The maximum absolute atomic E-state index is 12.7. The van der Waals surface area contributed by atoms with E-state index in [2.05, 4.69) is 26.5 Å². The van der Waals surface area contributed by atoms with Crippen LogP contribution in [-0.2, 0) is 6.18 Å². The first-order valence-electron chi connectivity index (χ1n) is 6.20. The molecule has 0 aliphatic carbocycles. The zero-order valence-corrected chi connectivity index (χ0v) is 13.7. The third-order valence-electron chi connectivity index (χ3n) is 2.90. The van der Waals surface area contributed by atoms with Gasteiger partial charge in [-0.15, -0.1) is 0 Å². The molecule has 116 valence electrons. The van der Waals surface area contributed by atoms with Crippen LogP contribution >= 0.6 is 27.5 Å². The molecular weight excluding hydrogens is 381 g/mol. The molecule has 2 aromatic carbocycles. The summed E-state index contributed by atoms with van der Waals surface area (Å²) in [5.41, 5.74) is 3.38. The van der Waals surface area contributed by atoms with Crippen molar-refractivity contribution in [1.82, 2.24) is 0 Å². The molecule has 0 unspecified atom stereocenters. The van der Waals surface area contributed by atoms with Crippen molar-refractivity contribution in [3.8, 4) is 0 Å². The summed E-state index contributed by atoms with van der Waals surface area (Å²) in [4.78, 5) is 0. The number of hydrogen-bond donors (Lipinski definition) is 1.